The maximum absolute atomic E-state index is 3.89. The van der Waals surface area contributed by atoms with Crippen LogP contribution in [0.25, 0.3) is 0 Å². The Morgan fingerprint density at radius 1 is 1.50 bits per heavy atom. The minimum Gasteiger partial charge on any atom is -0.282 e. The fourth-order valence-electron chi connectivity index (χ4n) is 0.885. The van der Waals surface area contributed by atoms with E-state index in [4.69, 9.17) is 0 Å². The van der Waals surface area contributed by atoms with Crippen molar-refractivity contribution in [3.8, 4) is 0 Å². The number of aromatic nitrogens is 2. The minimum absolute atomic E-state index is 0.735. The standard InChI is InChI=1S/C7H13N3/c1-6-5-8-9-7(6)10(2,3)4/h5H,1H2,2-4H3,(H,8,9)/q+1. The molecule has 1 aromatic rings. The van der Waals surface area contributed by atoms with Crippen molar-refractivity contribution in [2.45, 2.75) is 0 Å². The lowest BCUT2D eigenvalue weighted by atomic mass is 10.3. The summed E-state index contributed by atoms with van der Waals surface area (Å²) in [5, 5.41) is 6.79. The van der Waals surface area contributed by atoms with Crippen molar-refractivity contribution in [2.24, 2.45) is 0 Å². The van der Waals surface area contributed by atoms with Crippen LogP contribution >= 0.6 is 0 Å². The van der Waals surface area contributed by atoms with E-state index in [0.717, 1.165) is 15.9 Å². The average Bonchev–Trinajstić information content (AvgIpc) is 2.11. The molecular weight excluding hydrogens is 126 g/mol. The molecule has 55 valence electrons. The fraction of sp³-hybridized carbons (Fsp3) is 0.429. The van der Waals surface area contributed by atoms with E-state index in [1.54, 1.807) is 6.20 Å². The number of hydrogen-bond acceptors (Lipinski definition) is 1. The van der Waals surface area contributed by atoms with Crippen molar-refractivity contribution in [3.63, 3.8) is 0 Å². The van der Waals surface area contributed by atoms with Gasteiger partial charge in [-0.25, -0.2) is 5.10 Å². The summed E-state index contributed by atoms with van der Waals surface area (Å²) in [6, 6.07) is 0. The van der Waals surface area contributed by atoms with E-state index < -0.39 is 0 Å². The third-order valence-corrected chi connectivity index (χ3v) is 1.37. The van der Waals surface area contributed by atoms with Crippen LogP contribution in [-0.2, 0) is 0 Å². The van der Waals surface area contributed by atoms with Gasteiger partial charge in [0, 0.05) is 0 Å². The van der Waals surface area contributed by atoms with Crippen LogP contribution in [0.4, 0.5) is 5.82 Å². The van der Waals surface area contributed by atoms with Crippen LogP contribution in [-0.4, -0.2) is 31.3 Å². The molecule has 1 N–H and O–H groups in total. The maximum atomic E-state index is 3.89. The number of nitrogens with zero attached hydrogens (tertiary/aromatic N) is 2. The second-order valence-corrected chi connectivity index (χ2v) is 3.26. The van der Waals surface area contributed by atoms with E-state index in [1.165, 1.54) is 0 Å². The van der Waals surface area contributed by atoms with Gasteiger partial charge in [0.05, 0.1) is 32.9 Å². The largest absolute Gasteiger partial charge is 0.282 e. The van der Waals surface area contributed by atoms with Crippen LogP contribution < -0.4 is 4.48 Å². The first-order chi connectivity index (χ1) is 4.52. The Hall–Kier alpha value is -0.830. The third-order valence-electron chi connectivity index (χ3n) is 1.37. The van der Waals surface area contributed by atoms with Gasteiger partial charge in [-0.05, 0) is 6.92 Å². The first-order valence-corrected chi connectivity index (χ1v) is 3.19. The zero-order valence-electron chi connectivity index (χ0n) is 6.68. The Bertz CT molecular complexity index is 219. The fourth-order valence-corrected chi connectivity index (χ4v) is 0.885. The van der Waals surface area contributed by atoms with Crippen LogP contribution in [0, 0.1) is 6.92 Å². The molecule has 1 rings (SSSR count). The molecule has 0 aliphatic rings. The number of nitrogens with one attached hydrogen (secondary N) is 1. The zero-order chi connectivity index (χ0) is 7.78. The van der Waals surface area contributed by atoms with Gasteiger partial charge in [-0.3, -0.25) is 4.48 Å². The molecule has 0 fully saturated rings. The second-order valence-electron chi connectivity index (χ2n) is 3.26. The number of H-pyrrole nitrogens is 1. The van der Waals surface area contributed by atoms with Crippen LogP contribution in [0.1, 0.15) is 5.56 Å². The summed E-state index contributed by atoms with van der Waals surface area (Å²) < 4.78 is 0.735. The predicted octanol–water partition coefficient (Wildman–Crippen LogP) is 0.789. The van der Waals surface area contributed by atoms with Crippen molar-refractivity contribution >= 4 is 5.82 Å². The molecule has 10 heavy (non-hydrogen) atoms. The zero-order valence-corrected chi connectivity index (χ0v) is 6.68. The molecule has 0 aliphatic carbocycles. The molecule has 3 nitrogen and oxygen atoms in total. The van der Waals surface area contributed by atoms with E-state index in [2.05, 4.69) is 38.3 Å². The minimum atomic E-state index is 0.735. The summed E-state index contributed by atoms with van der Waals surface area (Å²) in [6.07, 6.45) is 1.73. The van der Waals surface area contributed by atoms with Crippen molar-refractivity contribution in [1.82, 2.24) is 14.7 Å². The van der Waals surface area contributed by atoms with Gasteiger partial charge in [-0.2, -0.15) is 5.10 Å². The number of aromatic amines is 1. The number of hydrogen-bond donors (Lipinski definition) is 1. The summed E-state index contributed by atoms with van der Waals surface area (Å²) in [7, 11) is 6.21. The molecule has 1 radical (unpaired) electrons. The highest BCUT2D eigenvalue weighted by Crippen LogP contribution is 2.16. The Morgan fingerprint density at radius 2 is 2.10 bits per heavy atom. The van der Waals surface area contributed by atoms with Crippen LogP contribution in [0.3, 0.4) is 0 Å². The maximum Gasteiger partial charge on any atom is 0.225 e. The Labute approximate surface area is 61.3 Å². The molecule has 0 unspecified atom stereocenters. The van der Waals surface area contributed by atoms with Crippen molar-refractivity contribution < 1.29 is 0 Å². The molecule has 0 saturated heterocycles. The van der Waals surface area contributed by atoms with Crippen molar-refractivity contribution in [3.05, 3.63) is 18.7 Å². The van der Waals surface area contributed by atoms with Crippen LogP contribution in [0.15, 0.2) is 6.20 Å². The number of rotatable bonds is 1. The normalized spacial score (nSPS) is 12.0. The molecule has 1 heterocycles. The molecule has 0 aliphatic heterocycles. The lowest BCUT2D eigenvalue weighted by Crippen LogP contribution is -2.35. The van der Waals surface area contributed by atoms with Crippen molar-refractivity contribution in [1.29, 1.82) is 0 Å². The highest BCUT2D eigenvalue weighted by molar-refractivity contribution is 5.42. The third kappa shape index (κ3) is 1.19. The average molecular weight is 139 g/mol. The monoisotopic (exact) mass is 139 g/mol. The number of quaternary nitrogens is 1. The van der Waals surface area contributed by atoms with Crippen LogP contribution in [0.2, 0.25) is 0 Å². The summed E-state index contributed by atoms with van der Waals surface area (Å²) in [4.78, 5) is 0. The summed E-state index contributed by atoms with van der Waals surface area (Å²) in [6.45, 7) is 3.84. The smallest absolute Gasteiger partial charge is 0.225 e. The lowest BCUT2D eigenvalue weighted by Gasteiger charge is -2.21. The molecule has 0 bridgehead atoms. The SMILES string of the molecule is [CH2]c1cn[nH]c1[N+](C)(C)C. The summed E-state index contributed by atoms with van der Waals surface area (Å²) >= 11 is 0. The summed E-state index contributed by atoms with van der Waals surface area (Å²) in [5.41, 5.74) is 0.965. The Balaban J connectivity index is 3.05. The lowest BCUT2D eigenvalue weighted by molar-refractivity contribution is 0.471. The van der Waals surface area contributed by atoms with E-state index in [9.17, 15) is 0 Å². The molecule has 3 heteroatoms. The van der Waals surface area contributed by atoms with Gasteiger partial charge >= 0.3 is 0 Å². The van der Waals surface area contributed by atoms with Gasteiger partial charge in [0.25, 0.3) is 0 Å². The van der Waals surface area contributed by atoms with Crippen LogP contribution in [0.5, 0.6) is 0 Å². The highest BCUT2D eigenvalue weighted by atomic mass is 15.4. The molecule has 0 saturated carbocycles. The van der Waals surface area contributed by atoms with E-state index in [0.29, 0.717) is 0 Å². The molecule has 0 spiro atoms. The molecule has 0 aromatic carbocycles. The first-order valence-electron chi connectivity index (χ1n) is 3.19. The van der Waals surface area contributed by atoms with Gasteiger partial charge in [-0.1, -0.05) is 0 Å². The molecule has 0 atom stereocenters. The van der Waals surface area contributed by atoms with Gasteiger partial charge in [-0.15, -0.1) is 0 Å². The molecular formula is C7H13N3+. The van der Waals surface area contributed by atoms with Gasteiger partial charge in [0.2, 0.25) is 5.82 Å². The Morgan fingerprint density at radius 3 is 2.30 bits per heavy atom. The topological polar surface area (TPSA) is 28.7 Å². The second kappa shape index (κ2) is 2.09. The molecule has 0 amide bonds. The van der Waals surface area contributed by atoms with E-state index in [-0.39, 0.29) is 0 Å². The van der Waals surface area contributed by atoms with E-state index >= 15 is 0 Å². The predicted molar refractivity (Wildman–Crippen MR) is 42.6 cm³/mol. The van der Waals surface area contributed by atoms with Gasteiger partial charge in [0.15, 0.2) is 0 Å². The summed E-state index contributed by atoms with van der Waals surface area (Å²) in [5.74, 6) is 1.06. The first kappa shape index (κ1) is 7.28. The highest BCUT2D eigenvalue weighted by Gasteiger charge is 2.16. The van der Waals surface area contributed by atoms with Crippen molar-refractivity contribution in [2.75, 3.05) is 21.1 Å². The Kier molecular flexibility index (Phi) is 1.52. The van der Waals surface area contributed by atoms with E-state index in [1.807, 2.05) is 0 Å². The quantitative estimate of drug-likeness (QED) is 0.572. The van der Waals surface area contributed by atoms with Gasteiger partial charge in [0.1, 0.15) is 0 Å². The van der Waals surface area contributed by atoms with Gasteiger partial charge < -0.3 is 0 Å². The molecule has 1 aromatic heterocycles.